The van der Waals surface area contributed by atoms with Crippen LogP contribution in [0.1, 0.15) is 18.4 Å². The highest BCUT2D eigenvalue weighted by Crippen LogP contribution is 2.28. The monoisotopic (exact) mass is 307 g/mol. The molecule has 6 nitrogen and oxygen atoms in total. The number of carbonyl (C=O) groups is 2. The van der Waals surface area contributed by atoms with E-state index in [1.165, 1.54) is 0 Å². The maximum Gasteiger partial charge on any atom is 0.276 e. The fourth-order valence-electron chi connectivity index (χ4n) is 1.61. The molecule has 0 aliphatic heterocycles. The van der Waals surface area contributed by atoms with E-state index in [0.29, 0.717) is 5.75 Å². The average Bonchev–Trinajstić information content (AvgIpc) is 3.29. The zero-order valence-corrected chi connectivity index (χ0v) is 12.5. The van der Waals surface area contributed by atoms with Crippen molar-refractivity contribution in [3.05, 3.63) is 29.8 Å². The van der Waals surface area contributed by atoms with Gasteiger partial charge in [0, 0.05) is 5.92 Å². The number of ether oxygens (including phenoxy) is 1. The van der Waals surface area contributed by atoms with E-state index in [1.54, 1.807) is 6.07 Å². The summed E-state index contributed by atoms with van der Waals surface area (Å²) in [5.41, 5.74) is 5.78. The van der Waals surface area contributed by atoms with Crippen molar-refractivity contribution >= 4 is 29.1 Å². The van der Waals surface area contributed by atoms with Gasteiger partial charge in [0.2, 0.25) is 5.91 Å². The average molecular weight is 307 g/mol. The molecule has 1 fully saturated rings. The van der Waals surface area contributed by atoms with Gasteiger partial charge in [-0.1, -0.05) is 18.2 Å². The Kier molecular flexibility index (Phi) is 5.10. The predicted molar refractivity (Wildman–Crippen MR) is 81.4 cm³/mol. The van der Waals surface area contributed by atoms with Crippen LogP contribution in [0.15, 0.2) is 24.3 Å². The number of rotatable bonds is 4. The van der Waals surface area contributed by atoms with E-state index in [9.17, 15) is 9.59 Å². The Hall–Kier alpha value is -2.15. The van der Waals surface area contributed by atoms with Crippen LogP contribution < -0.4 is 20.9 Å². The highest BCUT2D eigenvalue weighted by atomic mass is 32.1. The molecule has 1 aromatic carbocycles. The van der Waals surface area contributed by atoms with Crippen molar-refractivity contribution in [2.24, 2.45) is 5.92 Å². The number of thiocarbonyl (C=S) groups is 1. The number of benzene rings is 1. The van der Waals surface area contributed by atoms with Crippen molar-refractivity contribution in [3.63, 3.8) is 0 Å². The molecule has 0 aromatic heterocycles. The van der Waals surface area contributed by atoms with Crippen LogP contribution in [-0.2, 0) is 9.59 Å². The van der Waals surface area contributed by atoms with Gasteiger partial charge in [-0.25, -0.2) is 0 Å². The number of aryl methyl sites for hydroxylation is 1. The number of nitrogens with one attached hydrogen (secondary N) is 3. The van der Waals surface area contributed by atoms with Gasteiger partial charge in [0.1, 0.15) is 5.75 Å². The summed E-state index contributed by atoms with van der Waals surface area (Å²) >= 11 is 4.90. The summed E-state index contributed by atoms with van der Waals surface area (Å²) in [5, 5.41) is 2.59. The van der Waals surface area contributed by atoms with Crippen molar-refractivity contribution in [2.45, 2.75) is 19.8 Å². The first-order valence-electron chi connectivity index (χ1n) is 6.64. The number of hydrazine groups is 1. The van der Waals surface area contributed by atoms with Crippen LogP contribution in [-0.4, -0.2) is 23.5 Å². The number of hydrogen-bond donors (Lipinski definition) is 3. The topological polar surface area (TPSA) is 79.5 Å². The van der Waals surface area contributed by atoms with Gasteiger partial charge in [-0.05, 0) is 43.6 Å². The Labute approximate surface area is 128 Å². The smallest absolute Gasteiger partial charge is 0.276 e. The summed E-state index contributed by atoms with van der Waals surface area (Å²) in [5.74, 6) is 0.210. The summed E-state index contributed by atoms with van der Waals surface area (Å²) < 4.78 is 5.38. The molecule has 112 valence electrons. The van der Waals surface area contributed by atoms with Crippen LogP contribution in [0.25, 0.3) is 0 Å². The van der Waals surface area contributed by atoms with E-state index >= 15 is 0 Å². The fourth-order valence-corrected chi connectivity index (χ4v) is 1.77. The van der Waals surface area contributed by atoms with Crippen molar-refractivity contribution in [2.75, 3.05) is 6.61 Å². The summed E-state index contributed by atoms with van der Waals surface area (Å²) in [4.78, 5) is 23.0. The van der Waals surface area contributed by atoms with Gasteiger partial charge >= 0.3 is 0 Å². The highest BCUT2D eigenvalue weighted by Gasteiger charge is 2.30. The van der Waals surface area contributed by atoms with Crippen LogP contribution >= 0.6 is 12.2 Å². The molecule has 1 aliphatic carbocycles. The minimum absolute atomic E-state index is 0.0600. The molecule has 0 spiro atoms. The number of hydrogen-bond acceptors (Lipinski definition) is 4. The molecule has 3 N–H and O–H groups in total. The first-order chi connectivity index (χ1) is 10.1. The number of amides is 2. The molecule has 0 bridgehead atoms. The minimum atomic E-state index is -0.388. The fraction of sp³-hybridized carbons (Fsp3) is 0.357. The van der Waals surface area contributed by atoms with Crippen LogP contribution in [0.2, 0.25) is 0 Å². The van der Waals surface area contributed by atoms with Crippen LogP contribution in [0.4, 0.5) is 0 Å². The van der Waals surface area contributed by atoms with E-state index in [-0.39, 0.29) is 29.5 Å². The Bertz CT molecular complexity index is 558. The standard InChI is InChI=1S/C14H17N3O3S/c1-9-4-2-3-5-11(9)20-8-12(18)16-17-14(21)15-13(19)10-6-7-10/h2-5,10H,6-8H2,1H3,(H,16,18)(H2,15,17,19,21). The third-order valence-corrected chi connectivity index (χ3v) is 3.16. The van der Waals surface area contributed by atoms with Crippen LogP contribution in [0.3, 0.4) is 0 Å². The van der Waals surface area contributed by atoms with E-state index in [4.69, 9.17) is 17.0 Å². The Morgan fingerprint density at radius 1 is 1.29 bits per heavy atom. The van der Waals surface area contributed by atoms with Gasteiger partial charge in [-0.15, -0.1) is 0 Å². The molecule has 1 aliphatic rings. The van der Waals surface area contributed by atoms with Gasteiger partial charge in [-0.2, -0.15) is 0 Å². The molecule has 0 unspecified atom stereocenters. The molecular weight excluding hydrogens is 290 g/mol. The molecule has 0 atom stereocenters. The lowest BCUT2D eigenvalue weighted by atomic mass is 10.2. The molecular formula is C14H17N3O3S. The molecule has 0 heterocycles. The first kappa shape index (κ1) is 15.2. The lowest BCUT2D eigenvalue weighted by Gasteiger charge is -2.12. The molecule has 21 heavy (non-hydrogen) atoms. The molecule has 7 heteroatoms. The molecule has 1 saturated carbocycles. The van der Waals surface area contributed by atoms with Gasteiger partial charge < -0.3 is 10.1 Å². The van der Waals surface area contributed by atoms with Crippen molar-refractivity contribution in [1.29, 1.82) is 0 Å². The zero-order valence-electron chi connectivity index (χ0n) is 11.6. The van der Waals surface area contributed by atoms with E-state index in [0.717, 1.165) is 18.4 Å². The quantitative estimate of drug-likeness (QED) is 0.566. The van der Waals surface area contributed by atoms with Gasteiger partial charge in [0.25, 0.3) is 5.91 Å². The normalized spacial score (nSPS) is 13.2. The lowest BCUT2D eigenvalue weighted by molar-refractivity contribution is -0.124. The van der Waals surface area contributed by atoms with Gasteiger partial charge in [0.05, 0.1) is 0 Å². The summed E-state index contributed by atoms with van der Waals surface area (Å²) in [6, 6.07) is 7.41. The third kappa shape index (κ3) is 5.03. The van der Waals surface area contributed by atoms with Crippen molar-refractivity contribution < 1.29 is 14.3 Å². The van der Waals surface area contributed by atoms with Gasteiger partial charge in [0.15, 0.2) is 11.7 Å². The first-order valence-corrected chi connectivity index (χ1v) is 7.05. The summed E-state index contributed by atoms with van der Waals surface area (Å²) in [6.07, 6.45) is 1.79. The van der Waals surface area contributed by atoms with Crippen molar-refractivity contribution in [1.82, 2.24) is 16.2 Å². The summed E-state index contributed by atoms with van der Waals surface area (Å²) in [7, 11) is 0. The maximum atomic E-state index is 11.6. The van der Waals surface area contributed by atoms with Gasteiger partial charge in [-0.3, -0.25) is 20.4 Å². The van der Waals surface area contributed by atoms with E-state index < -0.39 is 0 Å². The molecule has 0 radical (unpaired) electrons. The van der Waals surface area contributed by atoms with E-state index in [2.05, 4.69) is 16.2 Å². The number of carbonyl (C=O) groups excluding carboxylic acids is 2. The van der Waals surface area contributed by atoms with Crippen LogP contribution in [0.5, 0.6) is 5.75 Å². The molecule has 2 amide bonds. The second kappa shape index (κ2) is 7.03. The molecule has 0 saturated heterocycles. The van der Waals surface area contributed by atoms with E-state index in [1.807, 2.05) is 25.1 Å². The second-order valence-electron chi connectivity index (χ2n) is 4.82. The second-order valence-corrected chi connectivity index (χ2v) is 5.23. The number of para-hydroxylation sites is 1. The lowest BCUT2D eigenvalue weighted by Crippen LogP contribution is -2.50. The Morgan fingerprint density at radius 3 is 2.67 bits per heavy atom. The Morgan fingerprint density at radius 2 is 2.00 bits per heavy atom. The minimum Gasteiger partial charge on any atom is -0.483 e. The SMILES string of the molecule is Cc1ccccc1OCC(=O)NNC(=S)NC(=O)C1CC1. The third-order valence-electron chi connectivity index (χ3n) is 2.95. The van der Waals surface area contributed by atoms with Crippen LogP contribution in [0, 0.1) is 12.8 Å². The largest absolute Gasteiger partial charge is 0.483 e. The van der Waals surface area contributed by atoms with Crippen molar-refractivity contribution in [3.8, 4) is 5.75 Å². The molecule has 1 aromatic rings. The summed E-state index contributed by atoms with van der Waals surface area (Å²) in [6.45, 7) is 1.76. The molecule has 2 rings (SSSR count). The Balaban J connectivity index is 1.66. The predicted octanol–water partition coefficient (Wildman–Crippen LogP) is 0.806. The highest BCUT2D eigenvalue weighted by molar-refractivity contribution is 7.80. The maximum absolute atomic E-state index is 11.6. The zero-order chi connectivity index (χ0) is 15.2.